The third kappa shape index (κ3) is 2.67. The number of carbonyl (C=O) groups excluding carboxylic acids is 1. The number of carbonyl (C=O) groups is 1. The van der Waals surface area contributed by atoms with Crippen LogP contribution in [0.25, 0.3) is 0 Å². The van der Waals surface area contributed by atoms with Gasteiger partial charge in [0.1, 0.15) is 5.82 Å². The maximum Gasteiger partial charge on any atom is 0.224 e. The van der Waals surface area contributed by atoms with E-state index in [9.17, 15) is 9.18 Å². The summed E-state index contributed by atoms with van der Waals surface area (Å²) < 4.78 is 13.8. The number of benzene rings is 2. The van der Waals surface area contributed by atoms with Gasteiger partial charge in [0.05, 0.1) is 6.04 Å². The van der Waals surface area contributed by atoms with Crippen LogP contribution in [-0.2, 0) is 11.2 Å². The third-order valence-corrected chi connectivity index (χ3v) is 3.87. The molecule has 0 saturated carbocycles. The molecular formula is C17H17FN2O. The van der Waals surface area contributed by atoms with Crippen LogP contribution in [0.5, 0.6) is 0 Å². The van der Waals surface area contributed by atoms with Gasteiger partial charge in [0, 0.05) is 17.7 Å². The largest absolute Gasteiger partial charge is 0.325 e. The van der Waals surface area contributed by atoms with E-state index in [-0.39, 0.29) is 11.7 Å². The van der Waals surface area contributed by atoms with E-state index in [1.165, 1.54) is 12.1 Å². The molecule has 1 unspecified atom stereocenters. The van der Waals surface area contributed by atoms with Gasteiger partial charge in [-0.15, -0.1) is 0 Å². The van der Waals surface area contributed by atoms with E-state index in [1.54, 1.807) is 0 Å². The average molecular weight is 284 g/mol. The molecule has 2 aromatic rings. The van der Waals surface area contributed by atoms with Crippen LogP contribution >= 0.6 is 0 Å². The summed E-state index contributed by atoms with van der Waals surface area (Å²) in [7, 11) is 0. The van der Waals surface area contributed by atoms with E-state index in [0.717, 1.165) is 16.7 Å². The summed E-state index contributed by atoms with van der Waals surface area (Å²) in [4.78, 5) is 11.6. The highest BCUT2D eigenvalue weighted by atomic mass is 19.1. The Hall–Kier alpha value is -2.20. The van der Waals surface area contributed by atoms with Crippen molar-refractivity contribution in [2.45, 2.75) is 25.8 Å². The van der Waals surface area contributed by atoms with Crippen molar-refractivity contribution in [3.05, 3.63) is 64.5 Å². The minimum Gasteiger partial charge on any atom is -0.325 e. The van der Waals surface area contributed by atoms with Gasteiger partial charge in [0.25, 0.3) is 0 Å². The molecule has 0 aliphatic carbocycles. The molecule has 4 heteroatoms. The molecule has 0 spiro atoms. The number of nitrogens with one attached hydrogen (secondary N) is 1. The van der Waals surface area contributed by atoms with Crippen molar-refractivity contribution >= 4 is 11.6 Å². The second kappa shape index (κ2) is 5.30. The van der Waals surface area contributed by atoms with Crippen LogP contribution < -0.4 is 11.1 Å². The zero-order chi connectivity index (χ0) is 15.0. The summed E-state index contributed by atoms with van der Waals surface area (Å²) in [5.74, 6) is -0.367. The summed E-state index contributed by atoms with van der Waals surface area (Å²) in [6.45, 7) is 2.00. The highest BCUT2D eigenvalue weighted by molar-refractivity contribution is 5.95. The minimum absolute atomic E-state index is 0.0496. The first-order chi connectivity index (χ1) is 10.0. The van der Waals surface area contributed by atoms with Crippen LogP contribution in [0.4, 0.5) is 10.1 Å². The van der Waals surface area contributed by atoms with E-state index in [0.29, 0.717) is 24.1 Å². The molecule has 1 aliphatic rings. The van der Waals surface area contributed by atoms with Crippen LogP contribution in [0.3, 0.4) is 0 Å². The Kier molecular flexibility index (Phi) is 3.47. The van der Waals surface area contributed by atoms with Crippen LogP contribution in [0.15, 0.2) is 36.4 Å². The monoisotopic (exact) mass is 284 g/mol. The van der Waals surface area contributed by atoms with Gasteiger partial charge in [-0.05, 0) is 36.6 Å². The molecule has 0 fully saturated rings. The summed E-state index contributed by atoms with van der Waals surface area (Å²) in [6, 6.07) is 10.2. The number of rotatable bonds is 2. The zero-order valence-corrected chi connectivity index (χ0v) is 11.8. The lowest BCUT2D eigenvalue weighted by atomic mass is 9.92. The first kappa shape index (κ1) is 13.8. The number of hydrogen-bond acceptors (Lipinski definition) is 2. The number of hydrogen-bond donors (Lipinski definition) is 2. The van der Waals surface area contributed by atoms with Gasteiger partial charge in [-0.2, -0.15) is 0 Å². The van der Waals surface area contributed by atoms with Crippen LogP contribution in [-0.4, -0.2) is 5.91 Å². The highest BCUT2D eigenvalue weighted by Crippen LogP contribution is 2.33. The van der Waals surface area contributed by atoms with E-state index in [1.807, 2.05) is 31.2 Å². The highest BCUT2D eigenvalue weighted by Gasteiger charge is 2.23. The normalized spacial score (nSPS) is 15.3. The maximum atomic E-state index is 13.8. The smallest absolute Gasteiger partial charge is 0.224 e. The number of aryl methyl sites for hydroxylation is 2. The molecule has 0 bridgehead atoms. The van der Waals surface area contributed by atoms with Gasteiger partial charge >= 0.3 is 0 Å². The Bertz CT molecular complexity index is 695. The number of amides is 1. The molecule has 2 aromatic carbocycles. The van der Waals surface area contributed by atoms with Gasteiger partial charge in [0.15, 0.2) is 0 Å². The Morgan fingerprint density at radius 2 is 1.90 bits per heavy atom. The lowest BCUT2D eigenvalue weighted by Crippen LogP contribution is -2.23. The van der Waals surface area contributed by atoms with Crippen molar-refractivity contribution in [2.75, 3.05) is 5.32 Å². The quantitative estimate of drug-likeness (QED) is 0.890. The van der Waals surface area contributed by atoms with Gasteiger partial charge in [-0.1, -0.05) is 29.8 Å². The van der Waals surface area contributed by atoms with Crippen molar-refractivity contribution in [3.8, 4) is 0 Å². The molecular weight excluding hydrogens is 267 g/mol. The van der Waals surface area contributed by atoms with Gasteiger partial charge < -0.3 is 11.1 Å². The van der Waals surface area contributed by atoms with Crippen molar-refractivity contribution in [1.29, 1.82) is 0 Å². The molecule has 1 heterocycles. The predicted octanol–water partition coefficient (Wildman–Crippen LogP) is 3.07. The second-order valence-electron chi connectivity index (χ2n) is 5.47. The fourth-order valence-corrected chi connectivity index (χ4v) is 2.68. The zero-order valence-electron chi connectivity index (χ0n) is 11.8. The number of fused-ring (bicyclic) bond motifs is 1. The summed E-state index contributed by atoms with van der Waals surface area (Å²) in [5.41, 5.74) is 10.4. The van der Waals surface area contributed by atoms with E-state index in [4.69, 9.17) is 5.73 Å². The average Bonchev–Trinajstić information content (AvgIpc) is 2.47. The lowest BCUT2D eigenvalue weighted by Gasteiger charge is -2.24. The molecule has 21 heavy (non-hydrogen) atoms. The minimum atomic E-state index is -0.464. The topological polar surface area (TPSA) is 55.1 Å². The maximum absolute atomic E-state index is 13.8. The number of anilines is 1. The molecule has 3 N–H and O–H groups in total. The van der Waals surface area contributed by atoms with Crippen LogP contribution in [0.2, 0.25) is 0 Å². The molecule has 3 rings (SSSR count). The molecule has 1 atom stereocenters. The van der Waals surface area contributed by atoms with Gasteiger partial charge in [-0.25, -0.2) is 4.39 Å². The van der Waals surface area contributed by atoms with Crippen molar-refractivity contribution in [2.24, 2.45) is 5.73 Å². The lowest BCUT2D eigenvalue weighted by molar-refractivity contribution is -0.116. The standard InChI is InChI=1S/C17H17FN2O/c1-10-2-4-11(5-3-10)16(19)14-9-13(18)8-12-6-7-15(21)20-17(12)14/h2-5,8-9,16H,6-7,19H2,1H3,(H,20,21). The molecule has 108 valence electrons. The first-order valence-electron chi connectivity index (χ1n) is 6.99. The molecule has 0 radical (unpaired) electrons. The molecule has 3 nitrogen and oxygen atoms in total. The van der Waals surface area contributed by atoms with Crippen LogP contribution in [0.1, 0.15) is 34.7 Å². The van der Waals surface area contributed by atoms with Crippen LogP contribution in [0, 0.1) is 12.7 Å². The summed E-state index contributed by atoms with van der Waals surface area (Å²) in [5, 5.41) is 2.83. The van der Waals surface area contributed by atoms with E-state index in [2.05, 4.69) is 5.32 Å². The molecule has 1 aliphatic heterocycles. The summed E-state index contributed by atoms with van der Waals surface area (Å²) in [6.07, 6.45) is 0.933. The molecule has 0 saturated heterocycles. The van der Waals surface area contributed by atoms with Gasteiger partial charge in [0.2, 0.25) is 5.91 Å². The second-order valence-corrected chi connectivity index (χ2v) is 5.47. The molecule has 1 amide bonds. The fraction of sp³-hybridized carbons (Fsp3) is 0.235. The summed E-state index contributed by atoms with van der Waals surface area (Å²) >= 11 is 0. The fourth-order valence-electron chi connectivity index (χ4n) is 2.68. The number of halogens is 1. The molecule has 0 aromatic heterocycles. The van der Waals surface area contributed by atoms with Gasteiger partial charge in [-0.3, -0.25) is 4.79 Å². The van der Waals surface area contributed by atoms with Crippen molar-refractivity contribution in [3.63, 3.8) is 0 Å². The Balaban J connectivity index is 2.07. The number of nitrogens with two attached hydrogens (primary N) is 1. The Morgan fingerprint density at radius 1 is 1.19 bits per heavy atom. The Morgan fingerprint density at radius 3 is 2.62 bits per heavy atom. The SMILES string of the molecule is Cc1ccc(C(N)c2cc(F)cc3c2NC(=O)CC3)cc1. The Labute approximate surface area is 123 Å². The van der Waals surface area contributed by atoms with Crippen molar-refractivity contribution < 1.29 is 9.18 Å². The van der Waals surface area contributed by atoms with E-state index >= 15 is 0 Å². The first-order valence-corrected chi connectivity index (χ1v) is 6.99. The van der Waals surface area contributed by atoms with E-state index < -0.39 is 6.04 Å². The third-order valence-electron chi connectivity index (χ3n) is 3.87. The van der Waals surface area contributed by atoms with Crippen molar-refractivity contribution in [1.82, 2.24) is 0 Å². The predicted molar refractivity (Wildman–Crippen MR) is 80.6 cm³/mol.